The van der Waals surface area contributed by atoms with Crippen LogP contribution in [0.5, 0.6) is 0 Å². The molecule has 0 aliphatic rings. The zero-order valence-corrected chi connectivity index (χ0v) is 10.7. The molecule has 0 aliphatic carbocycles. The second-order valence-corrected chi connectivity index (χ2v) is 5.07. The van der Waals surface area contributed by atoms with Crippen molar-refractivity contribution in [2.75, 3.05) is 0 Å². The molecular formula is C11H13NO6P+. The van der Waals surface area contributed by atoms with Crippen molar-refractivity contribution in [1.29, 1.82) is 0 Å². The number of aliphatic carboxylic acids is 2. The fourth-order valence-electron chi connectivity index (χ4n) is 1.76. The van der Waals surface area contributed by atoms with Crippen molar-refractivity contribution in [3.05, 3.63) is 30.1 Å². The molecule has 0 bridgehead atoms. The Morgan fingerprint density at radius 2 is 2.05 bits per heavy atom. The van der Waals surface area contributed by atoms with Crippen LogP contribution in [0.4, 0.5) is 0 Å². The van der Waals surface area contributed by atoms with Crippen LogP contribution < -0.4 is 0 Å². The van der Waals surface area contributed by atoms with E-state index in [2.05, 4.69) is 4.98 Å². The highest BCUT2D eigenvalue weighted by Crippen LogP contribution is 2.45. The van der Waals surface area contributed by atoms with Crippen LogP contribution in [0.3, 0.4) is 0 Å². The molecule has 0 saturated heterocycles. The maximum Gasteiger partial charge on any atom is 0.514 e. The van der Waals surface area contributed by atoms with E-state index in [1.54, 1.807) is 0 Å². The van der Waals surface area contributed by atoms with Gasteiger partial charge in [0.15, 0.2) is 0 Å². The molecule has 0 radical (unpaired) electrons. The molecule has 1 aromatic rings. The molecule has 102 valence electrons. The first-order valence-corrected chi connectivity index (χ1v) is 6.71. The number of hydrogen-bond donors (Lipinski definition) is 3. The van der Waals surface area contributed by atoms with E-state index < -0.39 is 31.5 Å². The topological polar surface area (TPSA) is 125 Å². The number of carboxylic acids is 2. The fraction of sp³-hybridized carbons (Fsp3) is 0.364. The first kappa shape index (κ1) is 15.2. The largest absolute Gasteiger partial charge is 0.514 e. The number of carboxylic acid groups (broad SMARTS) is 2. The minimum Gasteiger partial charge on any atom is -0.481 e. The quantitative estimate of drug-likeness (QED) is 0.647. The van der Waals surface area contributed by atoms with E-state index in [1.165, 1.54) is 24.5 Å². The van der Waals surface area contributed by atoms with Gasteiger partial charge in [0, 0.05) is 24.4 Å². The average molecular weight is 286 g/mol. The third-order valence-corrected chi connectivity index (χ3v) is 3.77. The van der Waals surface area contributed by atoms with E-state index in [4.69, 9.17) is 10.2 Å². The summed E-state index contributed by atoms with van der Waals surface area (Å²) in [5, 5.41) is 17.7. The van der Waals surface area contributed by atoms with Gasteiger partial charge in [-0.2, -0.15) is 4.89 Å². The Labute approximate surface area is 109 Å². The Balaban J connectivity index is 3.03. The van der Waals surface area contributed by atoms with Gasteiger partial charge in [0.25, 0.3) is 0 Å². The highest BCUT2D eigenvalue weighted by Gasteiger charge is 2.43. The van der Waals surface area contributed by atoms with Gasteiger partial charge in [-0.25, -0.2) is 0 Å². The Bertz CT molecular complexity index is 477. The second kappa shape index (κ2) is 6.92. The number of nitrogens with zero attached hydrogens (tertiary/aromatic N) is 1. The first-order chi connectivity index (χ1) is 8.93. The lowest BCUT2D eigenvalue weighted by Gasteiger charge is -2.13. The SMILES string of the molecule is O=C(O)CCC(C(=O)O)C(c1cccnc1)[P+](=O)O. The number of aromatic nitrogens is 1. The van der Waals surface area contributed by atoms with Gasteiger partial charge in [0.05, 0.1) is 0 Å². The third kappa shape index (κ3) is 4.39. The molecule has 3 atom stereocenters. The molecule has 19 heavy (non-hydrogen) atoms. The van der Waals surface area contributed by atoms with Crippen LogP contribution in [0.15, 0.2) is 24.5 Å². The monoisotopic (exact) mass is 286 g/mol. The summed E-state index contributed by atoms with van der Waals surface area (Å²) in [6.07, 6.45) is 2.17. The summed E-state index contributed by atoms with van der Waals surface area (Å²) in [7, 11) is -2.81. The van der Waals surface area contributed by atoms with Crippen LogP contribution in [0, 0.1) is 5.92 Å². The Hall–Kier alpha value is -1.85. The summed E-state index contributed by atoms with van der Waals surface area (Å²) in [4.78, 5) is 34.8. The van der Waals surface area contributed by atoms with Crippen molar-refractivity contribution in [3.8, 4) is 0 Å². The van der Waals surface area contributed by atoms with E-state index in [1.807, 2.05) is 0 Å². The lowest BCUT2D eigenvalue weighted by molar-refractivity contribution is -0.143. The van der Waals surface area contributed by atoms with Gasteiger partial charge in [-0.3, -0.25) is 14.6 Å². The minimum absolute atomic E-state index is 0.216. The molecule has 0 saturated carbocycles. The van der Waals surface area contributed by atoms with Crippen molar-refractivity contribution < 1.29 is 29.3 Å². The van der Waals surface area contributed by atoms with Gasteiger partial charge >= 0.3 is 20.0 Å². The summed E-state index contributed by atoms with van der Waals surface area (Å²) >= 11 is 0. The molecular weight excluding hydrogens is 273 g/mol. The maximum absolute atomic E-state index is 11.4. The average Bonchev–Trinajstić information content (AvgIpc) is 2.34. The van der Waals surface area contributed by atoms with Gasteiger partial charge in [-0.05, 0) is 17.1 Å². The van der Waals surface area contributed by atoms with Gasteiger partial charge in [0.1, 0.15) is 5.92 Å². The van der Waals surface area contributed by atoms with Crippen molar-refractivity contribution >= 4 is 20.0 Å². The number of pyridine rings is 1. The fourth-order valence-corrected chi connectivity index (χ4v) is 2.75. The van der Waals surface area contributed by atoms with Crippen LogP contribution in [0.25, 0.3) is 0 Å². The van der Waals surface area contributed by atoms with Gasteiger partial charge in [-0.15, -0.1) is 0 Å². The molecule has 0 aromatic carbocycles. The molecule has 3 N–H and O–H groups in total. The van der Waals surface area contributed by atoms with Crippen LogP contribution in [-0.4, -0.2) is 32.0 Å². The molecule has 1 rings (SSSR count). The highest BCUT2D eigenvalue weighted by atomic mass is 31.1. The Kier molecular flexibility index (Phi) is 5.54. The molecule has 0 amide bonds. The molecule has 0 fully saturated rings. The van der Waals surface area contributed by atoms with E-state index in [9.17, 15) is 19.0 Å². The summed E-state index contributed by atoms with van der Waals surface area (Å²) in [6, 6.07) is 3.02. The van der Waals surface area contributed by atoms with Crippen LogP contribution in [0.1, 0.15) is 24.1 Å². The van der Waals surface area contributed by atoms with E-state index >= 15 is 0 Å². The van der Waals surface area contributed by atoms with E-state index in [-0.39, 0.29) is 12.8 Å². The molecule has 1 aromatic heterocycles. The summed E-state index contributed by atoms with van der Waals surface area (Å²) in [5.74, 6) is -3.69. The highest BCUT2D eigenvalue weighted by molar-refractivity contribution is 7.38. The van der Waals surface area contributed by atoms with Gasteiger partial charge in [-0.1, -0.05) is 6.07 Å². The van der Waals surface area contributed by atoms with Crippen molar-refractivity contribution in [3.63, 3.8) is 0 Å². The first-order valence-electron chi connectivity index (χ1n) is 5.43. The van der Waals surface area contributed by atoms with Gasteiger partial charge in [0.2, 0.25) is 5.66 Å². The lowest BCUT2D eigenvalue weighted by atomic mass is 9.95. The molecule has 0 aliphatic heterocycles. The normalized spacial score (nSPS) is 14.5. The van der Waals surface area contributed by atoms with E-state index in [0.29, 0.717) is 5.56 Å². The summed E-state index contributed by atoms with van der Waals surface area (Å²) < 4.78 is 11.4. The van der Waals surface area contributed by atoms with Crippen molar-refractivity contribution in [2.24, 2.45) is 5.92 Å². The maximum atomic E-state index is 11.4. The zero-order chi connectivity index (χ0) is 14.4. The van der Waals surface area contributed by atoms with Crippen molar-refractivity contribution in [1.82, 2.24) is 4.98 Å². The summed E-state index contributed by atoms with van der Waals surface area (Å²) in [6.45, 7) is 0. The van der Waals surface area contributed by atoms with Crippen LogP contribution in [-0.2, 0) is 14.2 Å². The molecule has 7 nitrogen and oxygen atoms in total. The lowest BCUT2D eigenvalue weighted by Crippen LogP contribution is -2.21. The predicted octanol–water partition coefficient (Wildman–Crippen LogP) is 1.42. The third-order valence-electron chi connectivity index (χ3n) is 2.63. The smallest absolute Gasteiger partial charge is 0.481 e. The molecule has 0 spiro atoms. The van der Waals surface area contributed by atoms with Crippen LogP contribution in [0.2, 0.25) is 0 Å². The predicted molar refractivity (Wildman–Crippen MR) is 64.8 cm³/mol. The molecule has 1 heterocycles. The van der Waals surface area contributed by atoms with E-state index in [0.717, 1.165) is 0 Å². The van der Waals surface area contributed by atoms with Crippen molar-refractivity contribution in [2.45, 2.75) is 18.5 Å². The molecule has 3 unspecified atom stereocenters. The zero-order valence-electron chi connectivity index (χ0n) is 9.84. The molecule has 8 heteroatoms. The minimum atomic E-state index is -2.81. The Morgan fingerprint density at radius 3 is 2.47 bits per heavy atom. The number of hydrogen-bond acceptors (Lipinski definition) is 4. The van der Waals surface area contributed by atoms with Gasteiger partial charge < -0.3 is 10.2 Å². The number of carbonyl (C=O) groups is 2. The summed E-state index contributed by atoms with van der Waals surface area (Å²) in [5.41, 5.74) is -0.857. The van der Waals surface area contributed by atoms with Crippen LogP contribution >= 0.6 is 8.03 Å². The second-order valence-electron chi connectivity index (χ2n) is 3.91. The standard InChI is InChI=1S/C11H12NO6P/c13-9(14)4-3-8(11(15)16)10(19(17)18)7-2-1-5-12-6-7/h1-2,5-6,8,10H,3-4H2,(H2-,13,14,15,16,17,18)/p+1. The number of rotatable bonds is 7. The Morgan fingerprint density at radius 1 is 1.37 bits per heavy atom.